The van der Waals surface area contributed by atoms with E-state index in [-0.39, 0.29) is 5.92 Å². The molecule has 6 nitrogen and oxygen atoms in total. The van der Waals surface area contributed by atoms with Gasteiger partial charge in [0.2, 0.25) is 0 Å². The second-order valence-electron chi connectivity index (χ2n) is 7.81. The number of benzene rings is 1. The van der Waals surface area contributed by atoms with Crippen molar-refractivity contribution in [2.75, 3.05) is 30.7 Å². The second kappa shape index (κ2) is 11.7. The van der Waals surface area contributed by atoms with E-state index < -0.39 is 0 Å². The van der Waals surface area contributed by atoms with E-state index in [1.54, 1.807) is 0 Å². The number of nitrogens with two attached hydrogens (primary N) is 3. The van der Waals surface area contributed by atoms with Crippen LogP contribution in [0.15, 0.2) is 30.0 Å². The normalized spacial score (nSPS) is 16.9. The first-order valence-corrected chi connectivity index (χ1v) is 10.6. The third-order valence-corrected chi connectivity index (χ3v) is 5.81. The van der Waals surface area contributed by atoms with Gasteiger partial charge in [-0.15, -0.1) is 0 Å². The van der Waals surface area contributed by atoms with Gasteiger partial charge < -0.3 is 33.2 Å². The zero-order chi connectivity index (χ0) is 20.4. The van der Waals surface area contributed by atoms with E-state index in [4.69, 9.17) is 22.6 Å². The Bertz CT molecular complexity index is 638. The molecule has 2 atom stereocenters. The van der Waals surface area contributed by atoms with Crippen LogP contribution < -0.4 is 27.8 Å². The van der Waals surface area contributed by atoms with Gasteiger partial charge in [0, 0.05) is 48.8 Å². The highest BCUT2D eigenvalue weighted by Crippen LogP contribution is 2.31. The molecule has 1 fully saturated rings. The van der Waals surface area contributed by atoms with Gasteiger partial charge in [0.1, 0.15) is 0 Å². The number of nitrogens with one attached hydrogen (secondary N) is 3. The fourth-order valence-electron chi connectivity index (χ4n) is 3.66. The van der Waals surface area contributed by atoms with Crippen molar-refractivity contribution in [1.29, 1.82) is 5.41 Å². The predicted molar refractivity (Wildman–Crippen MR) is 121 cm³/mol. The van der Waals surface area contributed by atoms with Crippen LogP contribution in [0, 0.1) is 11.3 Å². The van der Waals surface area contributed by atoms with Crippen LogP contribution in [0.1, 0.15) is 56.9 Å². The lowest BCUT2D eigenvalue weighted by atomic mass is 9.90. The first kappa shape index (κ1) is 22.2. The van der Waals surface area contributed by atoms with Crippen molar-refractivity contribution < 1.29 is 0 Å². The minimum Gasteiger partial charge on any atom is -0.398 e. The molecule has 0 bridgehead atoms. The highest BCUT2D eigenvalue weighted by atomic mass is 14.9. The quantitative estimate of drug-likeness (QED) is 0.229. The average Bonchev–Trinajstić information content (AvgIpc) is 2.67. The van der Waals surface area contributed by atoms with Gasteiger partial charge in [-0.1, -0.05) is 19.4 Å². The topological polar surface area (TPSA) is 126 Å². The van der Waals surface area contributed by atoms with Gasteiger partial charge in [0.05, 0.1) is 0 Å². The van der Waals surface area contributed by atoms with Crippen molar-refractivity contribution >= 4 is 17.6 Å². The van der Waals surface area contributed by atoms with E-state index in [2.05, 4.69) is 23.6 Å². The molecule has 0 spiro atoms. The summed E-state index contributed by atoms with van der Waals surface area (Å²) >= 11 is 0. The van der Waals surface area contributed by atoms with Crippen LogP contribution in [0.4, 0.5) is 11.4 Å². The van der Waals surface area contributed by atoms with Gasteiger partial charge in [-0.2, -0.15) is 0 Å². The predicted octanol–water partition coefficient (Wildman–Crippen LogP) is 3.16. The Kier molecular flexibility index (Phi) is 9.31. The molecule has 0 heterocycles. The summed E-state index contributed by atoms with van der Waals surface area (Å²) in [6, 6.07) is 6.68. The summed E-state index contributed by atoms with van der Waals surface area (Å²) in [4.78, 5) is 0. The molecule has 1 aromatic rings. The maximum Gasteiger partial charge on any atom is 0.0374 e. The lowest BCUT2D eigenvalue weighted by molar-refractivity contribution is 0.445. The van der Waals surface area contributed by atoms with Gasteiger partial charge in [-0.05, 0) is 67.8 Å². The molecule has 0 radical (unpaired) electrons. The van der Waals surface area contributed by atoms with Gasteiger partial charge in [0.15, 0.2) is 0 Å². The monoisotopic (exact) mass is 386 g/mol. The van der Waals surface area contributed by atoms with E-state index in [0.717, 1.165) is 54.9 Å². The molecule has 28 heavy (non-hydrogen) atoms. The van der Waals surface area contributed by atoms with Crippen LogP contribution in [-0.4, -0.2) is 31.9 Å². The van der Waals surface area contributed by atoms with Gasteiger partial charge in [0.25, 0.3) is 0 Å². The highest BCUT2D eigenvalue weighted by Gasteiger charge is 2.19. The Balaban J connectivity index is 2.04. The second-order valence-corrected chi connectivity index (χ2v) is 7.81. The summed E-state index contributed by atoms with van der Waals surface area (Å²) in [6.07, 6.45) is 10.3. The van der Waals surface area contributed by atoms with E-state index in [9.17, 15) is 0 Å². The van der Waals surface area contributed by atoms with Crippen molar-refractivity contribution in [2.24, 2.45) is 17.4 Å². The molecule has 1 aliphatic carbocycles. The molecule has 2 unspecified atom stereocenters. The van der Waals surface area contributed by atoms with Crippen LogP contribution in [0.5, 0.6) is 0 Å². The molecule has 0 aliphatic heterocycles. The number of nitrogen functional groups attached to an aromatic ring is 1. The van der Waals surface area contributed by atoms with Gasteiger partial charge >= 0.3 is 0 Å². The molecule has 0 aromatic heterocycles. The highest BCUT2D eigenvalue weighted by molar-refractivity contribution is 5.79. The molecule has 1 aromatic carbocycles. The summed E-state index contributed by atoms with van der Waals surface area (Å²) in [6.45, 7) is 4.22. The minimum absolute atomic E-state index is 0.0909. The van der Waals surface area contributed by atoms with Crippen LogP contribution >= 0.6 is 0 Å². The number of anilines is 2. The van der Waals surface area contributed by atoms with Crippen LogP contribution in [-0.2, 0) is 0 Å². The standard InChI is InChI=1S/C22H38N6/c1-2-16(5-4-10-23)14-27-15-17(12-24)21(13-25)20-9-8-19(11-22(20)26)28-18-6-3-7-18/h8-9,11-12,15-16,18,21,24,27-28H,2-7,10,13-14,23,25-26H2,1H3/b17-15+,24-12?. The Labute approximate surface area is 169 Å². The molecule has 9 N–H and O–H groups in total. The largest absolute Gasteiger partial charge is 0.398 e. The van der Waals surface area contributed by atoms with Crippen molar-refractivity contribution in [3.8, 4) is 0 Å². The van der Waals surface area contributed by atoms with Crippen LogP contribution in [0.2, 0.25) is 0 Å². The van der Waals surface area contributed by atoms with Crippen LogP contribution in [0.3, 0.4) is 0 Å². The SMILES string of the molecule is CCC(CCCN)CN/C=C(\C=N)C(CN)c1ccc(NC2CCC2)cc1N. The zero-order valence-corrected chi connectivity index (χ0v) is 17.2. The van der Waals surface area contributed by atoms with E-state index in [1.165, 1.54) is 25.5 Å². The summed E-state index contributed by atoms with van der Waals surface area (Å²) in [7, 11) is 0. The van der Waals surface area contributed by atoms with E-state index in [1.807, 2.05) is 18.3 Å². The van der Waals surface area contributed by atoms with Crippen molar-refractivity contribution in [3.63, 3.8) is 0 Å². The molecular weight excluding hydrogens is 348 g/mol. The molecule has 1 saturated carbocycles. The number of rotatable bonds is 13. The van der Waals surface area contributed by atoms with Crippen LogP contribution in [0.25, 0.3) is 0 Å². The smallest absolute Gasteiger partial charge is 0.0374 e. The summed E-state index contributed by atoms with van der Waals surface area (Å²) in [5.41, 5.74) is 21.7. The first-order valence-electron chi connectivity index (χ1n) is 10.6. The average molecular weight is 387 g/mol. The third kappa shape index (κ3) is 6.24. The van der Waals surface area contributed by atoms with E-state index >= 15 is 0 Å². The molecule has 6 heteroatoms. The molecule has 1 aliphatic rings. The first-order chi connectivity index (χ1) is 13.6. The fourth-order valence-corrected chi connectivity index (χ4v) is 3.66. The maximum atomic E-state index is 7.86. The number of hydrogen-bond donors (Lipinski definition) is 6. The summed E-state index contributed by atoms with van der Waals surface area (Å²) < 4.78 is 0. The Hall–Kier alpha value is -2.05. The Morgan fingerprint density at radius 1 is 1.32 bits per heavy atom. The fraction of sp³-hybridized carbons (Fsp3) is 0.591. The van der Waals surface area contributed by atoms with Crippen molar-refractivity contribution in [2.45, 2.75) is 57.4 Å². The van der Waals surface area contributed by atoms with E-state index in [0.29, 0.717) is 18.5 Å². The lowest BCUT2D eigenvalue weighted by Gasteiger charge is -2.28. The molecule has 0 saturated heterocycles. The maximum absolute atomic E-state index is 7.86. The Morgan fingerprint density at radius 2 is 2.11 bits per heavy atom. The molecular formula is C22H38N6. The molecule has 0 amide bonds. The van der Waals surface area contributed by atoms with Crippen molar-refractivity contribution in [3.05, 3.63) is 35.5 Å². The third-order valence-electron chi connectivity index (χ3n) is 5.81. The molecule has 156 valence electrons. The Morgan fingerprint density at radius 3 is 2.64 bits per heavy atom. The van der Waals surface area contributed by atoms with Crippen molar-refractivity contribution in [1.82, 2.24) is 5.32 Å². The number of hydrogen-bond acceptors (Lipinski definition) is 6. The minimum atomic E-state index is -0.0909. The van der Waals surface area contributed by atoms with Gasteiger partial charge in [-0.3, -0.25) is 0 Å². The summed E-state index contributed by atoms with van der Waals surface area (Å²) in [5.74, 6) is 0.497. The zero-order valence-electron chi connectivity index (χ0n) is 17.2. The lowest BCUT2D eigenvalue weighted by Crippen LogP contribution is -2.27. The molecule has 2 rings (SSSR count). The summed E-state index contributed by atoms with van der Waals surface area (Å²) in [5, 5.41) is 14.8. The van der Waals surface area contributed by atoms with Gasteiger partial charge in [-0.25, -0.2) is 0 Å².